The zero-order valence-corrected chi connectivity index (χ0v) is 16.2. The van der Waals surface area contributed by atoms with Crippen LogP contribution in [0.5, 0.6) is 0 Å². The van der Waals surface area contributed by atoms with Crippen LogP contribution in [0.1, 0.15) is 27.3 Å². The monoisotopic (exact) mass is 432 g/mol. The molecule has 0 aliphatic heterocycles. The summed E-state index contributed by atoms with van der Waals surface area (Å²) in [4.78, 5) is 35.4. The normalized spacial score (nSPS) is 11.3. The largest absolute Gasteiger partial charge is 0.418 e. The second-order valence-electron chi connectivity index (χ2n) is 6.59. The third-order valence-electron chi connectivity index (χ3n) is 4.51. The van der Waals surface area contributed by atoms with E-state index in [2.05, 4.69) is 10.4 Å². The third kappa shape index (κ3) is 4.29. The Kier molecular flexibility index (Phi) is 5.60. The van der Waals surface area contributed by atoms with Crippen molar-refractivity contribution in [2.75, 3.05) is 5.32 Å². The summed E-state index contributed by atoms with van der Waals surface area (Å²) in [7, 11) is 0. The predicted octanol–water partition coefficient (Wildman–Crippen LogP) is 4.03. The van der Waals surface area contributed by atoms with E-state index in [0.717, 1.165) is 16.8 Å². The zero-order valence-electron chi connectivity index (χ0n) is 16.2. The van der Waals surface area contributed by atoms with E-state index in [0.29, 0.717) is 0 Å². The Balaban J connectivity index is 2.08. The van der Waals surface area contributed by atoms with Crippen molar-refractivity contribution in [1.29, 1.82) is 0 Å². The molecular weight excluding hydrogens is 417 g/mol. The van der Waals surface area contributed by atoms with Crippen molar-refractivity contribution in [3.05, 3.63) is 91.4 Å². The van der Waals surface area contributed by atoms with E-state index in [1.54, 1.807) is 0 Å². The summed E-state index contributed by atoms with van der Waals surface area (Å²) >= 11 is 0. The first-order chi connectivity index (χ1) is 14.5. The summed E-state index contributed by atoms with van der Waals surface area (Å²) in [5.74, 6) is -1.01. The lowest BCUT2D eigenvalue weighted by molar-refractivity contribution is -0.385. The summed E-state index contributed by atoms with van der Waals surface area (Å²) in [6.07, 6.45) is -4.68. The van der Waals surface area contributed by atoms with Gasteiger partial charge in [-0.25, -0.2) is 4.68 Å². The van der Waals surface area contributed by atoms with Gasteiger partial charge in [-0.2, -0.15) is 18.3 Å². The highest BCUT2D eigenvalue weighted by Crippen LogP contribution is 2.33. The first-order valence-electron chi connectivity index (χ1n) is 8.83. The number of nitrogens with one attached hydrogen (secondary N) is 1. The quantitative estimate of drug-likeness (QED) is 0.495. The molecule has 0 unspecified atom stereocenters. The number of para-hydroxylation sites is 1. The molecule has 2 aromatic carbocycles. The van der Waals surface area contributed by atoms with E-state index in [1.165, 1.54) is 50.2 Å². The van der Waals surface area contributed by atoms with Crippen LogP contribution in [0, 0.1) is 24.0 Å². The average Bonchev–Trinajstić information content (AvgIpc) is 2.68. The molecular formula is C20H15F3N4O4. The molecule has 0 fully saturated rings. The lowest BCUT2D eigenvalue weighted by atomic mass is 10.1. The van der Waals surface area contributed by atoms with E-state index in [9.17, 15) is 32.9 Å². The van der Waals surface area contributed by atoms with Crippen LogP contribution in [0.15, 0.2) is 53.3 Å². The van der Waals surface area contributed by atoms with Crippen LogP contribution in [0.3, 0.4) is 0 Å². The number of carbonyl (C=O) groups excluding carboxylic acids is 1. The van der Waals surface area contributed by atoms with Crippen molar-refractivity contribution in [2.45, 2.75) is 20.0 Å². The minimum atomic E-state index is -4.68. The number of anilines is 1. The van der Waals surface area contributed by atoms with Gasteiger partial charge in [0, 0.05) is 17.8 Å². The van der Waals surface area contributed by atoms with Gasteiger partial charge in [-0.05, 0) is 32.0 Å². The fraction of sp³-hybridized carbons (Fsp3) is 0.150. The van der Waals surface area contributed by atoms with Gasteiger partial charge in [0.1, 0.15) is 0 Å². The number of rotatable bonds is 4. The highest BCUT2D eigenvalue weighted by atomic mass is 19.4. The molecule has 0 aliphatic rings. The number of benzene rings is 2. The number of alkyl halides is 3. The molecule has 0 bridgehead atoms. The second kappa shape index (κ2) is 8.01. The third-order valence-corrected chi connectivity index (χ3v) is 4.51. The highest BCUT2D eigenvalue weighted by molar-refractivity contribution is 6.03. The van der Waals surface area contributed by atoms with Gasteiger partial charge in [0.05, 0.1) is 27.4 Å². The number of hydrogen-bond acceptors (Lipinski definition) is 5. The van der Waals surface area contributed by atoms with Crippen molar-refractivity contribution in [3.8, 4) is 5.69 Å². The summed E-state index contributed by atoms with van der Waals surface area (Å²) in [5.41, 5.74) is -2.74. The number of nitrogens with zero attached hydrogens (tertiary/aromatic N) is 3. The minimum Gasteiger partial charge on any atom is -0.320 e. The fourth-order valence-corrected chi connectivity index (χ4v) is 2.98. The van der Waals surface area contributed by atoms with E-state index in [-0.39, 0.29) is 28.3 Å². The molecule has 1 aromatic heterocycles. The molecule has 8 nitrogen and oxygen atoms in total. The number of hydrogen-bond donors (Lipinski definition) is 1. The van der Waals surface area contributed by atoms with E-state index >= 15 is 0 Å². The molecule has 3 aromatic rings. The summed E-state index contributed by atoms with van der Waals surface area (Å²) < 4.78 is 41.1. The van der Waals surface area contributed by atoms with Crippen LogP contribution in [-0.4, -0.2) is 20.6 Å². The SMILES string of the molecule is Cc1c(NC(=O)c2nn(-c3ccccc3C(F)(F)F)c(C)cc2=O)cccc1[N+](=O)[O-]. The molecule has 0 spiro atoms. The number of halogens is 3. The van der Waals surface area contributed by atoms with Crippen LogP contribution >= 0.6 is 0 Å². The van der Waals surface area contributed by atoms with Gasteiger partial charge in [-0.15, -0.1) is 0 Å². The van der Waals surface area contributed by atoms with Crippen molar-refractivity contribution < 1.29 is 22.9 Å². The first kappa shape index (κ1) is 21.7. The maximum Gasteiger partial charge on any atom is 0.418 e. The Hall–Kier alpha value is -4.02. The summed E-state index contributed by atoms with van der Waals surface area (Å²) in [6, 6.07) is 9.60. The minimum absolute atomic E-state index is 0.0724. The van der Waals surface area contributed by atoms with E-state index in [4.69, 9.17) is 0 Å². The lowest BCUT2D eigenvalue weighted by Gasteiger charge is -2.16. The molecule has 0 saturated heterocycles. The molecule has 1 amide bonds. The summed E-state index contributed by atoms with van der Waals surface area (Å²) in [5, 5.41) is 17.3. The number of aromatic nitrogens is 2. The molecule has 0 aliphatic carbocycles. The Bertz CT molecular complexity index is 1250. The number of carbonyl (C=O) groups is 1. The van der Waals surface area contributed by atoms with Crippen molar-refractivity contribution in [3.63, 3.8) is 0 Å². The van der Waals surface area contributed by atoms with Crippen LogP contribution in [0.4, 0.5) is 24.5 Å². The summed E-state index contributed by atoms with van der Waals surface area (Å²) in [6.45, 7) is 2.79. The van der Waals surface area contributed by atoms with Gasteiger partial charge in [0.2, 0.25) is 5.43 Å². The molecule has 1 heterocycles. The zero-order chi connectivity index (χ0) is 22.9. The Morgan fingerprint density at radius 2 is 1.81 bits per heavy atom. The van der Waals surface area contributed by atoms with Crippen LogP contribution < -0.4 is 10.7 Å². The number of nitro groups is 1. The topological polar surface area (TPSA) is 107 Å². The van der Waals surface area contributed by atoms with Crippen LogP contribution in [0.2, 0.25) is 0 Å². The van der Waals surface area contributed by atoms with E-state index in [1.807, 2.05) is 0 Å². The number of aryl methyl sites for hydroxylation is 1. The second-order valence-corrected chi connectivity index (χ2v) is 6.59. The lowest BCUT2D eigenvalue weighted by Crippen LogP contribution is -2.27. The van der Waals surface area contributed by atoms with Gasteiger partial charge < -0.3 is 5.32 Å². The van der Waals surface area contributed by atoms with Crippen molar-refractivity contribution in [1.82, 2.24) is 9.78 Å². The number of nitro benzene ring substituents is 1. The smallest absolute Gasteiger partial charge is 0.320 e. The molecule has 0 atom stereocenters. The van der Waals surface area contributed by atoms with Crippen LogP contribution in [-0.2, 0) is 6.18 Å². The molecule has 160 valence electrons. The molecule has 0 saturated carbocycles. The van der Waals surface area contributed by atoms with Crippen molar-refractivity contribution in [2.24, 2.45) is 0 Å². The van der Waals surface area contributed by atoms with Gasteiger partial charge in [-0.1, -0.05) is 18.2 Å². The fourth-order valence-electron chi connectivity index (χ4n) is 2.98. The molecule has 11 heteroatoms. The van der Waals surface area contributed by atoms with Gasteiger partial charge in [0.15, 0.2) is 5.69 Å². The Morgan fingerprint density at radius 1 is 1.13 bits per heavy atom. The highest BCUT2D eigenvalue weighted by Gasteiger charge is 2.34. The van der Waals surface area contributed by atoms with E-state index < -0.39 is 33.7 Å². The Labute approximate surface area is 173 Å². The molecule has 0 radical (unpaired) electrons. The maximum absolute atomic E-state index is 13.4. The Morgan fingerprint density at radius 3 is 2.45 bits per heavy atom. The molecule has 1 N–H and O–H groups in total. The predicted molar refractivity (Wildman–Crippen MR) is 105 cm³/mol. The van der Waals surface area contributed by atoms with Crippen molar-refractivity contribution >= 4 is 17.3 Å². The van der Waals surface area contributed by atoms with Crippen LogP contribution in [0.25, 0.3) is 5.69 Å². The molecule has 31 heavy (non-hydrogen) atoms. The van der Waals surface area contributed by atoms with Gasteiger partial charge in [0.25, 0.3) is 11.6 Å². The average molecular weight is 432 g/mol. The van der Waals surface area contributed by atoms with Gasteiger partial charge >= 0.3 is 6.18 Å². The molecule has 3 rings (SSSR count). The first-order valence-corrected chi connectivity index (χ1v) is 8.83. The maximum atomic E-state index is 13.4. The standard InChI is InChI=1S/C20H15F3N4O4/c1-11-10-17(28)18(19(29)24-14-7-5-9-15(12(14)2)27(30)31)25-26(11)16-8-4-3-6-13(16)20(21,22)23/h3-10H,1-2H3,(H,24,29). The number of amides is 1. The van der Waals surface area contributed by atoms with Gasteiger partial charge in [-0.3, -0.25) is 19.7 Å².